The lowest BCUT2D eigenvalue weighted by molar-refractivity contribution is 0.374. The highest BCUT2D eigenvalue weighted by atomic mass is 16.5. The van der Waals surface area contributed by atoms with E-state index in [4.69, 9.17) is 20.8 Å². The molecule has 0 saturated heterocycles. The molecule has 0 atom stereocenters. The Morgan fingerprint density at radius 1 is 1.00 bits per heavy atom. The van der Waals surface area contributed by atoms with Crippen LogP contribution >= 0.6 is 0 Å². The predicted octanol–water partition coefficient (Wildman–Crippen LogP) is 2.16. The monoisotopic (exact) mass is 193 g/mol. The zero-order valence-corrected chi connectivity index (χ0v) is 8.53. The molecule has 1 radical (unpaired) electrons. The van der Waals surface area contributed by atoms with Crippen molar-refractivity contribution in [1.29, 1.82) is 0 Å². The molecule has 0 aliphatic heterocycles. The predicted molar refractivity (Wildman–Crippen MR) is 54.9 cm³/mol. The number of hydrogen-bond acceptors (Lipinski definition) is 3. The van der Waals surface area contributed by atoms with Crippen molar-refractivity contribution in [1.82, 2.24) is 0 Å². The van der Waals surface area contributed by atoms with Crippen LogP contribution in [-0.2, 0) is 0 Å². The minimum absolute atomic E-state index is 0.628. The van der Waals surface area contributed by atoms with Crippen LogP contribution in [-0.4, -0.2) is 21.3 Å². The molecule has 0 spiro atoms. The molecule has 0 bridgehead atoms. The molecule has 0 aliphatic carbocycles. The van der Waals surface area contributed by atoms with E-state index < -0.39 is 0 Å². The highest BCUT2D eigenvalue weighted by Crippen LogP contribution is 2.34. The Balaban J connectivity index is 3.31. The molecule has 3 nitrogen and oxygen atoms in total. The largest absolute Gasteiger partial charge is 0.496 e. The molecule has 14 heavy (non-hydrogen) atoms. The number of hydrogen-bond donors (Lipinski definition) is 0. The van der Waals surface area contributed by atoms with E-state index in [9.17, 15) is 0 Å². The second-order valence-electron chi connectivity index (χ2n) is 2.61. The maximum atomic E-state index is 5.47. The molecule has 1 aromatic carbocycles. The van der Waals surface area contributed by atoms with Gasteiger partial charge in [0.15, 0.2) is 0 Å². The van der Waals surface area contributed by atoms with Gasteiger partial charge in [-0.2, -0.15) is 0 Å². The molecule has 1 aromatic rings. The van der Waals surface area contributed by atoms with Gasteiger partial charge < -0.3 is 14.2 Å². The summed E-state index contributed by atoms with van der Waals surface area (Å²) in [4.78, 5) is 0. The molecule has 3 heteroatoms. The normalized spacial score (nSPS) is 9.36. The van der Waals surface area contributed by atoms with Gasteiger partial charge in [-0.15, -0.1) is 0 Å². The van der Waals surface area contributed by atoms with Crippen molar-refractivity contribution in [2.45, 2.75) is 0 Å². The van der Waals surface area contributed by atoms with Gasteiger partial charge in [-0.05, 0) is 6.08 Å². The maximum Gasteiger partial charge on any atom is 0.133 e. The van der Waals surface area contributed by atoms with Crippen LogP contribution < -0.4 is 14.2 Å². The fraction of sp³-hybridized carbons (Fsp3) is 0.273. The van der Waals surface area contributed by atoms with E-state index in [0.717, 1.165) is 5.56 Å². The van der Waals surface area contributed by atoms with Gasteiger partial charge in [0.25, 0.3) is 0 Å². The van der Waals surface area contributed by atoms with Crippen molar-refractivity contribution >= 4 is 6.08 Å². The molecule has 0 saturated carbocycles. The lowest BCUT2D eigenvalue weighted by Gasteiger charge is -2.11. The molecule has 0 aromatic heterocycles. The van der Waals surface area contributed by atoms with Crippen LogP contribution in [0.5, 0.6) is 17.2 Å². The Hall–Kier alpha value is -1.64. The van der Waals surface area contributed by atoms with Crippen molar-refractivity contribution in [2.24, 2.45) is 0 Å². The van der Waals surface area contributed by atoms with Crippen LogP contribution in [0.3, 0.4) is 0 Å². The quantitative estimate of drug-likeness (QED) is 0.733. The summed E-state index contributed by atoms with van der Waals surface area (Å²) in [6.45, 7) is 5.47. The van der Waals surface area contributed by atoms with Crippen molar-refractivity contribution in [2.75, 3.05) is 21.3 Å². The third-order valence-corrected chi connectivity index (χ3v) is 1.92. The van der Waals surface area contributed by atoms with Crippen molar-refractivity contribution in [3.63, 3.8) is 0 Å². The van der Waals surface area contributed by atoms with Gasteiger partial charge in [-0.3, -0.25) is 0 Å². The van der Waals surface area contributed by atoms with Crippen LogP contribution in [0.2, 0.25) is 0 Å². The van der Waals surface area contributed by atoms with Crippen LogP contribution in [0.1, 0.15) is 5.56 Å². The Bertz CT molecular complexity index is 306. The highest BCUT2D eigenvalue weighted by molar-refractivity contribution is 5.64. The number of rotatable bonds is 4. The van der Waals surface area contributed by atoms with Gasteiger partial charge in [0.1, 0.15) is 17.2 Å². The Morgan fingerprint density at radius 3 is 1.79 bits per heavy atom. The second kappa shape index (κ2) is 4.56. The lowest BCUT2D eigenvalue weighted by Crippen LogP contribution is -1.94. The van der Waals surface area contributed by atoms with Crippen LogP contribution in [0.15, 0.2) is 12.1 Å². The van der Waals surface area contributed by atoms with Crippen molar-refractivity contribution < 1.29 is 14.2 Å². The number of benzene rings is 1. The van der Waals surface area contributed by atoms with E-state index in [-0.39, 0.29) is 0 Å². The van der Waals surface area contributed by atoms with Crippen LogP contribution in [0.25, 0.3) is 6.08 Å². The first-order valence-corrected chi connectivity index (χ1v) is 4.11. The SMILES string of the molecule is [CH]=Cc1c(OC)cc(OC)cc1OC. The summed E-state index contributed by atoms with van der Waals surface area (Å²) < 4.78 is 15.4. The van der Waals surface area contributed by atoms with Gasteiger partial charge in [0.2, 0.25) is 0 Å². The first-order valence-electron chi connectivity index (χ1n) is 4.11. The molecule has 0 unspecified atom stereocenters. The van der Waals surface area contributed by atoms with E-state index in [2.05, 4.69) is 0 Å². The Kier molecular flexibility index (Phi) is 3.40. The maximum absolute atomic E-state index is 5.47. The summed E-state index contributed by atoms with van der Waals surface area (Å²) >= 11 is 0. The number of methoxy groups -OCH3 is 3. The third kappa shape index (κ3) is 1.82. The minimum Gasteiger partial charge on any atom is -0.496 e. The summed E-state index contributed by atoms with van der Waals surface area (Å²) in [5.74, 6) is 1.93. The molecule has 75 valence electrons. The van der Waals surface area contributed by atoms with E-state index in [1.165, 1.54) is 6.08 Å². The van der Waals surface area contributed by atoms with Crippen LogP contribution in [0, 0.1) is 6.58 Å². The van der Waals surface area contributed by atoms with E-state index in [1.807, 2.05) is 0 Å². The molecule has 0 fully saturated rings. The van der Waals surface area contributed by atoms with Gasteiger partial charge in [-0.1, -0.05) is 6.58 Å². The summed E-state index contributed by atoms with van der Waals surface area (Å²) in [6, 6.07) is 3.50. The van der Waals surface area contributed by atoms with Crippen molar-refractivity contribution in [3.8, 4) is 17.2 Å². The molecular formula is C11H13O3. The first kappa shape index (κ1) is 10.4. The fourth-order valence-electron chi connectivity index (χ4n) is 1.20. The lowest BCUT2D eigenvalue weighted by atomic mass is 10.1. The average molecular weight is 193 g/mol. The van der Waals surface area contributed by atoms with Gasteiger partial charge in [0.05, 0.1) is 26.9 Å². The Morgan fingerprint density at radius 2 is 1.50 bits per heavy atom. The van der Waals surface area contributed by atoms with E-state index in [1.54, 1.807) is 33.5 Å². The third-order valence-electron chi connectivity index (χ3n) is 1.92. The highest BCUT2D eigenvalue weighted by Gasteiger charge is 2.09. The smallest absolute Gasteiger partial charge is 0.133 e. The second-order valence-corrected chi connectivity index (χ2v) is 2.61. The summed E-state index contributed by atoms with van der Waals surface area (Å²) in [7, 11) is 4.72. The topological polar surface area (TPSA) is 27.7 Å². The molecule has 0 heterocycles. The van der Waals surface area contributed by atoms with E-state index >= 15 is 0 Å². The first-order chi connectivity index (χ1) is 6.76. The summed E-state index contributed by atoms with van der Waals surface area (Å²) in [6.07, 6.45) is 1.44. The average Bonchev–Trinajstić information content (AvgIpc) is 2.26. The molecule has 0 N–H and O–H groups in total. The number of ether oxygens (including phenoxy) is 3. The molecule has 1 rings (SSSR count). The van der Waals surface area contributed by atoms with Gasteiger partial charge in [-0.25, -0.2) is 0 Å². The fourth-order valence-corrected chi connectivity index (χ4v) is 1.20. The zero-order valence-electron chi connectivity index (χ0n) is 8.53. The van der Waals surface area contributed by atoms with Gasteiger partial charge in [0, 0.05) is 12.1 Å². The molecule has 0 amide bonds. The standard InChI is InChI=1S/C11H13O3/c1-5-9-10(13-3)6-8(12-2)7-11(9)14-4/h1,5-7H,2-4H3. The van der Waals surface area contributed by atoms with Gasteiger partial charge >= 0.3 is 0 Å². The zero-order chi connectivity index (χ0) is 10.6. The summed E-state index contributed by atoms with van der Waals surface area (Å²) in [5, 5.41) is 0. The molecule has 0 aliphatic rings. The Labute approximate surface area is 83.9 Å². The molecular weight excluding hydrogens is 180 g/mol. The minimum atomic E-state index is 0.628. The summed E-state index contributed by atoms with van der Waals surface area (Å²) in [5.41, 5.74) is 0.718. The van der Waals surface area contributed by atoms with Crippen molar-refractivity contribution in [3.05, 3.63) is 24.3 Å². The van der Waals surface area contributed by atoms with E-state index in [0.29, 0.717) is 17.2 Å². The van der Waals surface area contributed by atoms with Crippen LogP contribution in [0.4, 0.5) is 0 Å².